The Morgan fingerprint density at radius 2 is 1.68 bits per heavy atom. The maximum atomic E-state index is 13.1. The van der Waals surface area contributed by atoms with Gasteiger partial charge in [-0.15, -0.1) is 0 Å². The molecule has 1 saturated carbocycles. The van der Waals surface area contributed by atoms with Crippen LogP contribution in [0.1, 0.15) is 50.4 Å². The van der Waals surface area contributed by atoms with Gasteiger partial charge < -0.3 is 4.90 Å². The number of carbonyl (C=O) groups is 2. The first-order chi connectivity index (χ1) is 14.8. The second-order valence-corrected chi connectivity index (χ2v) is 10.3. The van der Waals surface area contributed by atoms with Gasteiger partial charge in [0.1, 0.15) is 0 Å². The van der Waals surface area contributed by atoms with Gasteiger partial charge >= 0.3 is 0 Å². The van der Waals surface area contributed by atoms with E-state index in [-0.39, 0.29) is 22.5 Å². The average molecular weight is 443 g/mol. The first-order valence-electron chi connectivity index (χ1n) is 10.8. The van der Waals surface area contributed by atoms with Crippen LogP contribution < -0.4 is 4.90 Å². The lowest BCUT2D eigenvalue weighted by molar-refractivity contribution is -0.115. The van der Waals surface area contributed by atoms with Gasteiger partial charge in [-0.3, -0.25) is 14.5 Å². The summed E-state index contributed by atoms with van der Waals surface area (Å²) in [5.74, 6) is 0.370. The van der Waals surface area contributed by atoms with E-state index >= 15 is 0 Å². The van der Waals surface area contributed by atoms with Crippen molar-refractivity contribution in [2.45, 2.75) is 44.9 Å². The monoisotopic (exact) mass is 442 g/mol. The van der Waals surface area contributed by atoms with E-state index in [0.717, 1.165) is 13.0 Å². The Bertz CT molecular complexity index is 1040. The highest BCUT2D eigenvalue weighted by molar-refractivity contribution is 7.91. The summed E-state index contributed by atoms with van der Waals surface area (Å²) in [6.07, 6.45) is 3.25. The Kier molecular flexibility index (Phi) is 7.15. The fourth-order valence-electron chi connectivity index (χ4n) is 3.60. The number of amides is 2. The largest absolute Gasteiger partial charge is 0.338 e. The molecule has 2 aromatic carbocycles. The molecule has 0 saturated heterocycles. The van der Waals surface area contributed by atoms with Gasteiger partial charge in [0, 0.05) is 37.0 Å². The van der Waals surface area contributed by atoms with Crippen molar-refractivity contribution in [2.24, 2.45) is 5.92 Å². The first kappa shape index (κ1) is 23.0. The highest BCUT2D eigenvalue weighted by Gasteiger charge is 2.27. The van der Waals surface area contributed by atoms with Gasteiger partial charge in [0.2, 0.25) is 5.91 Å². The zero-order valence-corrected chi connectivity index (χ0v) is 19.2. The number of sulfone groups is 1. The molecule has 166 valence electrons. The molecule has 0 aromatic heterocycles. The van der Waals surface area contributed by atoms with E-state index in [1.54, 1.807) is 43.3 Å². The fraction of sp³-hybridized carbons (Fsp3) is 0.417. The third kappa shape index (κ3) is 5.53. The molecule has 0 spiro atoms. The average Bonchev–Trinajstić information content (AvgIpc) is 3.57. The van der Waals surface area contributed by atoms with Gasteiger partial charge in [-0.25, -0.2) is 8.42 Å². The summed E-state index contributed by atoms with van der Waals surface area (Å²) in [5.41, 5.74) is 1.67. The molecule has 0 N–H and O–H groups in total. The van der Waals surface area contributed by atoms with Crippen molar-refractivity contribution in [1.82, 2.24) is 4.90 Å². The molecule has 1 aliphatic carbocycles. The van der Waals surface area contributed by atoms with Crippen LogP contribution in [0.15, 0.2) is 53.4 Å². The molecule has 0 atom stereocenters. The van der Waals surface area contributed by atoms with Crippen LogP contribution >= 0.6 is 0 Å². The predicted molar refractivity (Wildman–Crippen MR) is 122 cm³/mol. The predicted octanol–water partition coefficient (Wildman–Crippen LogP) is 4.43. The molecule has 0 aliphatic heterocycles. The van der Waals surface area contributed by atoms with Crippen LogP contribution in [-0.4, -0.2) is 44.0 Å². The molecule has 0 bridgehead atoms. The van der Waals surface area contributed by atoms with Crippen molar-refractivity contribution < 1.29 is 18.0 Å². The van der Waals surface area contributed by atoms with Crippen molar-refractivity contribution in [3.63, 3.8) is 0 Å². The smallest absolute Gasteiger partial charge is 0.253 e. The van der Waals surface area contributed by atoms with E-state index in [1.165, 1.54) is 36.8 Å². The van der Waals surface area contributed by atoms with Crippen molar-refractivity contribution in [3.8, 4) is 0 Å². The fourth-order valence-corrected chi connectivity index (χ4v) is 4.48. The van der Waals surface area contributed by atoms with Crippen molar-refractivity contribution in [3.05, 3.63) is 54.1 Å². The minimum atomic E-state index is -3.32. The number of rotatable bonds is 9. The van der Waals surface area contributed by atoms with Crippen molar-refractivity contribution in [1.29, 1.82) is 0 Å². The Hall–Kier alpha value is -2.67. The number of hydrogen-bond donors (Lipinski definition) is 0. The molecule has 31 heavy (non-hydrogen) atoms. The number of hydrogen-bond acceptors (Lipinski definition) is 4. The van der Waals surface area contributed by atoms with Crippen LogP contribution in [-0.2, 0) is 14.6 Å². The summed E-state index contributed by atoms with van der Waals surface area (Å²) < 4.78 is 24.2. The molecule has 6 nitrogen and oxygen atoms in total. The van der Waals surface area contributed by atoms with E-state index in [9.17, 15) is 18.0 Å². The number of benzene rings is 2. The molecule has 2 amide bonds. The maximum absolute atomic E-state index is 13.1. The highest BCUT2D eigenvalue weighted by atomic mass is 32.2. The van der Waals surface area contributed by atoms with Crippen LogP contribution in [0.3, 0.4) is 0 Å². The van der Waals surface area contributed by atoms with Crippen LogP contribution in [0.4, 0.5) is 11.4 Å². The Balaban J connectivity index is 1.90. The standard InChI is InChI=1S/C24H30N2O4S/c1-4-15-25(17-19-9-10-19)24(28)20-7-6-8-22(16-20)26(18(3)27)21-11-13-23(14-12-21)31(29,30)5-2/h6-8,11-14,16,19H,4-5,9-10,15,17H2,1-3H3. The lowest BCUT2D eigenvalue weighted by atomic mass is 10.1. The summed E-state index contributed by atoms with van der Waals surface area (Å²) in [6, 6.07) is 13.3. The van der Waals surface area contributed by atoms with E-state index in [2.05, 4.69) is 6.92 Å². The van der Waals surface area contributed by atoms with E-state index < -0.39 is 9.84 Å². The van der Waals surface area contributed by atoms with Crippen LogP contribution in [0, 0.1) is 5.92 Å². The molecule has 1 aliphatic rings. The molecular weight excluding hydrogens is 412 g/mol. The van der Waals surface area contributed by atoms with Gasteiger partial charge in [-0.2, -0.15) is 0 Å². The molecule has 3 rings (SSSR count). The molecule has 0 unspecified atom stereocenters. The second-order valence-electron chi connectivity index (χ2n) is 8.00. The van der Waals surface area contributed by atoms with Crippen LogP contribution in [0.25, 0.3) is 0 Å². The topological polar surface area (TPSA) is 74.8 Å². The second kappa shape index (κ2) is 9.64. The van der Waals surface area contributed by atoms with Gasteiger partial charge in [0.25, 0.3) is 5.91 Å². The number of carbonyl (C=O) groups excluding carboxylic acids is 2. The van der Waals surface area contributed by atoms with Crippen LogP contribution in [0.2, 0.25) is 0 Å². The van der Waals surface area contributed by atoms with E-state index in [4.69, 9.17) is 0 Å². The Labute approximate surface area is 184 Å². The highest BCUT2D eigenvalue weighted by Crippen LogP contribution is 2.31. The first-order valence-corrected chi connectivity index (χ1v) is 12.4. The zero-order valence-electron chi connectivity index (χ0n) is 18.4. The molecule has 0 heterocycles. The SMILES string of the molecule is CCCN(CC1CC1)C(=O)c1cccc(N(C(C)=O)c2ccc(S(=O)(=O)CC)cc2)c1. The summed E-state index contributed by atoms with van der Waals surface area (Å²) in [7, 11) is -3.32. The number of anilines is 2. The summed E-state index contributed by atoms with van der Waals surface area (Å²) >= 11 is 0. The molecule has 2 aromatic rings. The molecule has 1 fully saturated rings. The van der Waals surface area contributed by atoms with Gasteiger partial charge in [-0.1, -0.05) is 19.9 Å². The van der Waals surface area contributed by atoms with E-state index in [1.807, 2.05) is 4.90 Å². The normalized spacial score (nSPS) is 13.6. The summed E-state index contributed by atoms with van der Waals surface area (Å²) in [6.45, 7) is 6.59. The van der Waals surface area contributed by atoms with Gasteiger partial charge in [0.15, 0.2) is 9.84 Å². The third-order valence-corrected chi connectivity index (χ3v) is 7.21. The number of nitrogens with zero attached hydrogens (tertiary/aromatic N) is 2. The van der Waals surface area contributed by atoms with Gasteiger partial charge in [0.05, 0.1) is 10.6 Å². The zero-order chi connectivity index (χ0) is 22.6. The summed E-state index contributed by atoms with van der Waals surface area (Å²) in [4.78, 5) is 29.2. The minimum absolute atomic E-state index is 0.0159. The lowest BCUT2D eigenvalue weighted by Gasteiger charge is -2.25. The van der Waals surface area contributed by atoms with Crippen LogP contribution in [0.5, 0.6) is 0 Å². The summed E-state index contributed by atoms with van der Waals surface area (Å²) in [5, 5.41) is 0. The van der Waals surface area contributed by atoms with E-state index in [0.29, 0.717) is 29.4 Å². The van der Waals surface area contributed by atoms with Gasteiger partial charge in [-0.05, 0) is 67.6 Å². The molecule has 7 heteroatoms. The maximum Gasteiger partial charge on any atom is 0.253 e. The third-order valence-electron chi connectivity index (χ3n) is 5.46. The Morgan fingerprint density at radius 3 is 2.23 bits per heavy atom. The van der Waals surface area contributed by atoms with Crippen molar-refractivity contribution in [2.75, 3.05) is 23.7 Å². The minimum Gasteiger partial charge on any atom is -0.338 e. The molecule has 0 radical (unpaired) electrons. The lowest BCUT2D eigenvalue weighted by Crippen LogP contribution is -2.33. The van der Waals surface area contributed by atoms with Crippen molar-refractivity contribution >= 4 is 33.0 Å². The Morgan fingerprint density at radius 1 is 1.00 bits per heavy atom. The quantitative estimate of drug-likeness (QED) is 0.576. The molecular formula is C24H30N2O4S.